The van der Waals surface area contributed by atoms with Crippen LogP contribution in [0.15, 0.2) is 18.2 Å². The van der Waals surface area contributed by atoms with E-state index >= 15 is 0 Å². The molecule has 0 bridgehead atoms. The minimum atomic E-state index is -0.809. The van der Waals surface area contributed by atoms with Crippen molar-refractivity contribution in [2.45, 2.75) is 19.8 Å². The maximum Gasteiger partial charge on any atom is 0.151 e. The summed E-state index contributed by atoms with van der Waals surface area (Å²) in [4.78, 5) is 8.27. The Kier molecular flexibility index (Phi) is 4.40. The summed E-state index contributed by atoms with van der Waals surface area (Å²) in [6.45, 7) is 3.81. The highest BCUT2D eigenvalue weighted by Crippen LogP contribution is 2.29. The zero-order chi connectivity index (χ0) is 14.9. The molecule has 0 aliphatic carbocycles. The molecule has 0 aliphatic heterocycles. The second-order valence-corrected chi connectivity index (χ2v) is 5.25. The lowest BCUT2D eigenvalue weighted by atomic mass is 10.2. The Labute approximate surface area is 125 Å². The van der Waals surface area contributed by atoms with Gasteiger partial charge in [0.2, 0.25) is 0 Å². The summed E-state index contributed by atoms with van der Waals surface area (Å²) < 4.78 is 26.7. The Hall–Kier alpha value is -1.46. The van der Waals surface area contributed by atoms with Crippen molar-refractivity contribution in [2.24, 2.45) is 0 Å². The average Bonchev–Trinajstić information content (AvgIpc) is 2.33. The monoisotopic (exact) mass is 317 g/mol. The number of nitrogens with zero attached hydrogens (tertiary/aromatic N) is 2. The highest BCUT2D eigenvalue weighted by atomic mass is 35.5. The fourth-order valence-electron chi connectivity index (χ4n) is 1.55. The fourth-order valence-corrected chi connectivity index (χ4v) is 1.98. The third-order valence-corrected chi connectivity index (χ3v) is 2.98. The Morgan fingerprint density at radius 3 is 2.40 bits per heavy atom. The molecule has 0 amide bonds. The van der Waals surface area contributed by atoms with Crippen molar-refractivity contribution in [3.63, 3.8) is 0 Å². The van der Waals surface area contributed by atoms with Crippen molar-refractivity contribution >= 4 is 34.7 Å². The molecule has 1 heterocycles. The molecule has 0 aliphatic rings. The SMILES string of the molecule is CC(C)c1nc(Cl)cc(Nc2c(F)cc(F)cc2Cl)n1. The van der Waals surface area contributed by atoms with Gasteiger partial charge in [0.25, 0.3) is 0 Å². The average molecular weight is 318 g/mol. The first-order chi connectivity index (χ1) is 9.36. The van der Waals surface area contributed by atoms with Crippen molar-refractivity contribution in [2.75, 3.05) is 5.32 Å². The van der Waals surface area contributed by atoms with E-state index in [-0.39, 0.29) is 21.8 Å². The van der Waals surface area contributed by atoms with Crippen LogP contribution in [0.4, 0.5) is 20.3 Å². The second-order valence-electron chi connectivity index (χ2n) is 4.46. The van der Waals surface area contributed by atoms with E-state index in [4.69, 9.17) is 23.2 Å². The normalized spacial score (nSPS) is 10.9. The maximum absolute atomic E-state index is 13.7. The van der Waals surface area contributed by atoms with Crippen molar-refractivity contribution in [3.8, 4) is 0 Å². The van der Waals surface area contributed by atoms with E-state index in [9.17, 15) is 8.78 Å². The van der Waals surface area contributed by atoms with E-state index in [0.29, 0.717) is 11.6 Å². The van der Waals surface area contributed by atoms with Crippen LogP contribution >= 0.6 is 23.2 Å². The van der Waals surface area contributed by atoms with E-state index < -0.39 is 11.6 Å². The molecule has 1 aromatic heterocycles. The lowest BCUT2D eigenvalue weighted by Gasteiger charge is -2.11. The number of benzene rings is 1. The predicted molar refractivity (Wildman–Crippen MR) is 75.8 cm³/mol. The largest absolute Gasteiger partial charge is 0.336 e. The molecule has 7 heteroatoms. The molecular formula is C13H11Cl2F2N3. The third kappa shape index (κ3) is 3.35. The smallest absolute Gasteiger partial charge is 0.151 e. The van der Waals surface area contributed by atoms with Gasteiger partial charge in [-0.2, -0.15) is 0 Å². The highest BCUT2D eigenvalue weighted by Gasteiger charge is 2.13. The number of rotatable bonds is 3. The minimum Gasteiger partial charge on any atom is -0.336 e. The molecule has 2 aromatic rings. The van der Waals surface area contributed by atoms with Gasteiger partial charge in [0.15, 0.2) is 5.82 Å². The van der Waals surface area contributed by atoms with E-state index in [0.717, 1.165) is 12.1 Å². The number of nitrogens with one attached hydrogen (secondary N) is 1. The van der Waals surface area contributed by atoms with Gasteiger partial charge in [0.05, 0.1) is 10.7 Å². The van der Waals surface area contributed by atoms with Gasteiger partial charge >= 0.3 is 0 Å². The Balaban J connectivity index is 2.40. The molecule has 20 heavy (non-hydrogen) atoms. The van der Waals surface area contributed by atoms with E-state index in [1.165, 1.54) is 6.07 Å². The second kappa shape index (κ2) is 5.89. The summed E-state index contributed by atoms with van der Waals surface area (Å²) in [7, 11) is 0. The Morgan fingerprint density at radius 2 is 1.80 bits per heavy atom. The molecular weight excluding hydrogens is 307 g/mol. The number of hydrogen-bond acceptors (Lipinski definition) is 3. The van der Waals surface area contributed by atoms with E-state index in [2.05, 4.69) is 15.3 Å². The highest BCUT2D eigenvalue weighted by molar-refractivity contribution is 6.33. The summed E-state index contributed by atoms with van der Waals surface area (Å²) in [6, 6.07) is 3.19. The molecule has 0 fully saturated rings. The summed E-state index contributed by atoms with van der Waals surface area (Å²) in [5, 5.41) is 2.84. The lowest BCUT2D eigenvalue weighted by Crippen LogP contribution is -2.03. The van der Waals surface area contributed by atoms with Crippen LogP contribution in [0.1, 0.15) is 25.6 Å². The summed E-state index contributed by atoms with van der Waals surface area (Å²) >= 11 is 11.7. The first-order valence-electron chi connectivity index (χ1n) is 5.83. The minimum absolute atomic E-state index is 0.0578. The molecule has 0 unspecified atom stereocenters. The topological polar surface area (TPSA) is 37.8 Å². The molecule has 0 saturated carbocycles. The first-order valence-corrected chi connectivity index (χ1v) is 6.58. The maximum atomic E-state index is 13.7. The van der Waals surface area contributed by atoms with Gasteiger partial charge in [0.1, 0.15) is 22.6 Å². The van der Waals surface area contributed by atoms with Gasteiger partial charge in [-0.15, -0.1) is 0 Å². The van der Waals surface area contributed by atoms with Crippen molar-refractivity contribution in [3.05, 3.63) is 45.8 Å². The van der Waals surface area contributed by atoms with Crippen LogP contribution in [-0.4, -0.2) is 9.97 Å². The van der Waals surface area contributed by atoms with Crippen molar-refractivity contribution < 1.29 is 8.78 Å². The molecule has 0 spiro atoms. The summed E-state index contributed by atoms with van der Waals surface area (Å²) in [5.74, 6) is -0.694. The molecule has 0 radical (unpaired) electrons. The first kappa shape index (κ1) is 14.9. The van der Waals surface area contributed by atoms with Crippen LogP contribution in [0.3, 0.4) is 0 Å². The van der Waals surface area contributed by atoms with Gasteiger partial charge < -0.3 is 5.32 Å². The Morgan fingerprint density at radius 1 is 1.10 bits per heavy atom. The zero-order valence-corrected chi connectivity index (χ0v) is 12.2. The standard InChI is InChI=1S/C13H11Cl2F2N3/c1-6(2)13-18-10(15)5-11(20-13)19-12-8(14)3-7(16)4-9(12)17/h3-6H,1-2H3,(H,18,19,20). The van der Waals surface area contributed by atoms with Gasteiger partial charge in [0, 0.05) is 18.1 Å². The van der Waals surface area contributed by atoms with Gasteiger partial charge in [-0.05, 0) is 6.07 Å². The molecule has 106 valence electrons. The predicted octanol–water partition coefficient (Wildman–Crippen LogP) is 4.93. The van der Waals surface area contributed by atoms with Crippen LogP contribution in [0, 0.1) is 11.6 Å². The lowest BCUT2D eigenvalue weighted by molar-refractivity contribution is 0.586. The molecule has 1 N–H and O–H groups in total. The quantitative estimate of drug-likeness (QED) is 0.816. The zero-order valence-electron chi connectivity index (χ0n) is 10.7. The van der Waals surface area contributed by atoms with Gasteiger partial charge in [-0.1, -0.05) is 37.0 Å². The van der Waals surface area contributed by atoms with Gasteiger partial charge in [-0.25, -0.2) is 18.7 Å². The van der Waals surface area contributed by atoms with Crippen LogP contribution in [0.2, 0.25) is 10.2 Å². The van der Waals surface area contributed by atoms with Crippen LogP contribution < -0.4 is 5.32 Å². The van der Waals surface area contributed by atoms with Crippen LogP contribution in [0.25, 0.3) is 0 Å². The number of anilines is 2. The van der Waals surface area contributed by atoms with Crippen LogP contribution in [-0.2, 0) is 0 Å². The summed E-state index contributed by atoms with van der Waals surface area (Å²) in [6.07, 6.45) is 0. The number of halogens is 4. The molecule has 2 rings (SSSR count). The van der Waals surface area contributed by atoms with E-state index in [1.54, 1.807) is 0 Å². The molecule has 3 nitrogen and oxygen atoms in total. The third-order valence-electron chi connectivity index (χ3n) is 2.49. The molecule has 0 saturated heterocycles. The number of aromatic nitrogens is 2. The molecule has 1 aromatic carbocycles. The van der Waals surface area contributed by atoms with E-state index in [1.807, 2.05) is 13.8 Å². The van der Waals surface area contributed by atoms with Gasteiger partial charge in [-0.3, -0.25) is 0 Å². The van der Waals surface area contributed by atoms with Crippen molar-refractivity contribution in [1.29, 1.82) is 0 Å². The van der Waals surface area contributed by atoms with Crippen molar-refractivity contribution in [1.82, 2.24) is 9.97 Å². The molecule has 0 atom stereocenters. The Bertz CT molecular complexity index is 625. The summed E-state index contributed by atoms with van der Waals surface area (Å²) in [5.41, 5.74) is -0.0578. The van der Waals surface area contributed by atoms with Crippen LogP contribution in [0.5, 0.6) is 0 Å². The number of hydrogen-bond donors (Lipinski definition) is 1. The fraction of sp³-hybridized carbons (Fsp3) is 0.231.